The van der Waals surface area contributed by atoms with Crippen molar-refractivity contribution >= 4 is 34.9 Å². The van der Waals surface area contributed by atoms with Gasteiger partial charge in [-0.3, -0.25) is 4.79 Å². The minimum Gasteiger partial charge on any atom is -0.362 e. The second-order valence-electron chi connectivity index (χ2n) is 5.33. The highest BCUT2D eigenvalue weighted by Gasteiger charge is 2.21. The predicted octanol–water partition coefficient (Wildman–Crippen LogP) is 3.55. The van der Waals surface area contributed by atoms with Crippen LogP contribution >= 0.6 is 23.2 Å². The van der Waals surface area contributed by atoms with Crippen molar-refractivity contribution in [2.24, 2.45) is 4.99 Å². The molecule has 0 radical (unpaired) electrons. The molecule has 24 heavy (non-hydrogen) atoms. The van der Waals surface area contributed by atoms with Crippen LogP contribution in [0.4, 0.5) is 0 Å². The lowest BCUT2D eigenvalue weighted by Crippen LogP contribution is -2.40. The fourth-order valence-electron chi connectivity index (χ4n) is 2.13. The molecule has 0 saturated carbocycles. The first-order chi connectivity index (χ1) is 11.5. The first-order valence-electron chi connectivity index (χ1n) is 7.43. The summed E-state index contributed by atoms with van der Waals surface area (Å²) >= 11 is 12.1. The summed E-state index contributed by atoms with van der Waals surface area (Å²) in [5.41, 5.74) is 1.44. The number of benzene rings is 2. The summed E-state index contributed by atoms with van der Waals surface area (Å²) in [4.78, 5) is 17.9. The third-order valence-corrected chi connectivity index (χ3v) is 3.75. The van der Waals surface area contributed by atoms with Crippen LogP contribution < -0.4 is 5.32 Å². The molecule has 0 spiro atoms. The van der Waals surface area contributed by atoms with Crippen molar-refractivity contribution in [3.63, 3.8) is 0 Å². The van der Waals surface area contributed by atoms with E-state index in [9.17, 15) is 4.79 Å². The summed E-state index contributed by atoms with van der Waals surface area (Å²) in [6.45, 7) is 0. The number of amidine groups is 1. The Balaban J connectivity index is 2.27. The average Bonchev–Trinajstić information content (AvgIpc) is 2.59. The molecule has 126 valence electrons. The van der Waals surface area contributed by atoms with Crippen LogP contribution in [0.1, 0.15) is 15.9 Å². The number of nitrogens with one attached hydrogen (secondary N) is 1. The lowest BCUT2D eigenvalue weighted by Gasteiger charge is -2.22. The normalized spacial score (nSPS) is 12.8. The zero-order valence-electron chi connectivity index (χ0n) is 13.5. The van der Waals surface area contributed by atoms with Crippen molar-refractivity contribution < 1.29 is 4.79 Å². The molecule has 0 aliphatic rings. The lowest BCUT2D eigenvalue weighted by molar-refractivity contribution is 0.0940. The fourth-order valence-corrected chi connectivity index (χ4v) is 2.36. The summed E-state index contributed by atoms with van der Waals surface area (Å²) in [5.74, 6) is 0.405. The molecule has 1 N–H and O–H groups in total. The summed E-state index contributed by atoms with van der Waals surface area (Å²) in [7, 11) is 3.75. The van der Waals surface area contributed by atoms with E-state index in [2.05, 4.69) is 10.3 Å². The molecular formula is C18H19Cl2N3O. The molecule has 0 fully saturated rings. The van der Waals surface area contributed by atoms with Gasteiger partial charge in [0, 0.05) is 25.2 Å². The second kappa shape index (κ2) is 8.71. The number of nitrogens with zero attached hydrogens (tertiary/aromatic N) is 2. The monoisotopic (exact) mass is 363 g/mol. The van der Waals surface area contributed by atoms with E-state index in [1.165, 1.54) is 0 Å². The molecule has 2 aromatic rings. The zero-order chi connectivity index (χ0) is 17.5. The van der Waals surface area contributed by atoms with Gasteiger partial charge in [0.05, 0.1) is 0 Å². The Morgan fingerprint density at radius 1 is 0.958 bits per heavy atom. The van der Waals surface area contributed by atoms with Gasteiger partial charge < -0.3 is 10.2 Å². The SMILES string of the molecule is CN(C)C(=N[C@@H](NC(=O)c1ccccc1)C(Cl)Cl)c1ccccc1. The third kappa shape index (κ3) is 4.98. The molecule has 0 saturated heterocycles. The maximum absolute atomic E-state index is 12.3. The number of carbonyl (C=O) groups is 1. The van der Waals surface area contributed by atoms with Crippen LogP contribution in [0.5, 0.6) is 0 Å². The minimum atomic E-state index is -0.878. The Kier molecular flexibility index (Phi) is 6.64. The van der Waals surface area contributed by atoms with Crippen molar-refractivity contribution in [3.8, 4) is 0 Å². The smallest absolute Gasteiger partial charge is 0.252 e. The molecule has 2 rings (SSSR count). The topological polar surface area (TPSA) is 44.7 Å². The molecule has 0 heterocycles. The van der Waals surface area contributed by atoms with Crippen LogP contribution in [0, 0.1) is 0 Å². The maximum Gasteiger partial charge on any atom is 0.252 e. The van der Waals surface area contributed by atoms with Crippen molar-refractivity contribution in [1.29, 1.82) is 0 Å². The van der Waals surface area contributed by atoms with Crippen molar-refractivity contribution in [2.45, 2.75) is 11.0 Å². The quantitative estimate of drug-likeness (QED) is 0.501. The number of hydrogen-bond donors (Lipinski definition) is 1. The Labute approximate surface area is 152 Å². The number of aliphatic imine (C=N–C) groups is 1. The Morgan fingerprint density at radius 2 is 1.46 bits per heavy atom. The van der Waals surface area contributed by atoms with E-state index in [0.29, 0.717) is 11.4 Å². The van der Waals surface area contributed by atoms with Crippen molar-refractivity contribution in [3.05, 3.63) is 71.8 Å². The van der Waals surface area contributed by atoms with E-state index in [4.69, 9.17) is 23.2 Å². The van der Waals surface area contributed by atoms with Gasteiger partial charge in [-0.15, -0.1) is 23.2 Å². The van der Waals surface area contributed by atoms with Crippen LogP contribution in [0.3, 0.4) is 0 Å². The minimum absolute atomic E-state index is 0.276. The van der Waals surface area contributed by atoms with E-state index in [1.807, 2.05) is 55.4 Å². The van der Waals surface area contributed by atoms with Crippen LogP contribution in [-0.4, -0.2) is 41.7 Å². The van der Waals surface area contributed by atoms with Gasteiger partial charge in [-0.2, -0.15) is 0 Å². The van der Waals surface area contributed by atoms with E-state index < -0.39 is 11.0 Å². The van der Waals surface area contributed by atoms with Crippen LogP contribution in [0.2, 0.25) is 0 Å². The van der Waals surface area contributed by atoms with E-state index in [1.54, 1.807) is 24.3 Å². The van der Waals surface area contributed by atoms with Gasteiger partial charge in [0.25, 0.3) is 5.91 Å². The summed E-state index contributed by atoms with van der Waals surface area (Å²) in [6.07, 6.45) is -0.765. The molecule has 4 nitrogen and oxygen atoms in total. The summed E-state index contributed by atoms with van der Waals surface area (Å²) in [5, 5.41) is 2.77. The van der Waals surface area contributed by atoms with E-state index in [-0.39, 0.29) is 5.91 Å². The molecule has 6 heteroatoms. The first kappa shape index (κ1) is 18.3. The van der Waals surface area contributed by atoms with Gasteiger partial charge in [-0.25, -0.2) is 4.99 Å². The lowest BCUT2D eigenvalue weighted by atomic mass is 10.2. The molecule has 1 atom stereocenters. The standard InChI is InChI=1S/C18H19Cl2N3O/c1-23(2)17(13-9-5-3-6-10-13)21-16(15(19)20)22-18(24)14-11-7-4-8-12-14/h3-12,15-16H,1-2H3,(H,22,24)/t16-/m0/s1. The largest absolute Gasteiger partial charge is 0.362 e. The molecular weight excluding hydrogens is 345 g/mol. The number of amides is 1. The molecule has 0 aliphatic heterocycles. The fraction of sp³-hybridized carbons (Fsp3) is 0.222. The highest BCUT2D eigenvalue weighted by molar-refractivity contribution is 6.45. The summed E-state index contributed by atoms with van der Waals surface area (Å²) in [6, 6.07) is 18.5. The number of alkyl halides is 2. The van der Waals surface area contributed by atoms with Gasteiger partial charge in [-0.05, 0) is 12.1 Å². The van der Waals surface area contributed by atoms with Gasteiger partial charge >= 0.3 is 0 Å². The highest BCUT2D eigenvalue weighted by atomic mass is 35.5. The molecule has 1 amide bonds. The van der Waals surface area contributed by atoms with Gasteiger partial charge in [0.1, 0.15) is 10.7 Å². The number of carbonyl (C=O) groups excluding carboxylic acids is 1. The Morgan fingerprint density at radius 3 is 1.92 bits per heavy atom. The molecule has 0 aromatic heterocycles. The van der Waals surface area contributed by atoms with Crippen LogP contribution in [-0.2, 0) is 0 Å². The Hall–Kier alpha value is -2.04. The first-order valence-corrected chi connectivity index (χ1v) is 8.31. The molecule has 0 aliphatic carbocycles. The van der Waals surface area contributed by atoms with Gasteiger partial charge in [0.2, 0.25) is 0 Å². The second-order valence-corrected chi connectivity index (χ2v) is 6.50. The highest BCUT2D eigenvalue weighted by Crippen LogP contribution is 2.13. The average molecular weight is 364 g/mol. The summed E-state index contributed by atoms with van der Waals surface area (Å²) < 4.78 is 0. The molecule has 2 aromatic carbocycles. The molecule has 0 unspecified atom stereocenters. The van der Waals surface area contributed by atoms with Crippen LogP contribution in [0.25, 0.3) is 0 Å². The van der Waals surface area contributed by atoms with Crippen molar-refractivity contribution in [1.82, 2.24) is 10.2 Å². The predicted molar refractivity (Wildman–Crippen MR) is 99.9 cm³/mol. The molecule has 0 bridgehead atoms. The number of halogens is 2. The Bertz CT molecular complexity index is 688. The maximum atomic E-state index is 12.3. The van der Waals surface area contributed by atoms with E-state index >= 15 is 0 Å². The third-order valence-electron chi connectivity index (χ3n) is 3.27. The van der Waals surface area contributed by atoms with Gasteiger partial charge in [0.15, 0.2) is 6.17 Å². The number of rotatable bonds is 5. The van der Waals surface area contributed by atoms with Crippen molar-refractivity contribution in [2.75, 3.05) is 14.1 Å². The number of hydrogen-bond acceptors (Lipinski definition) is 2. The van der Waals surface area contributed by atoms with Crippen LogP contribution in [0.15, 0.2) is 65.7 Å². The zero-order valence-corrected chi connectivity index (χ0v) is 15.0. The van der Waals surface area contributed by atoms with Gasteiger partial charge in [-0.1, -0.05) is 48.5 Å². The van der Waals surface area contributed by atoms with E-state index in [0.717, 1.165) is 5.56 Å².